The van der Waals surface area contributed by atoms with E-state index in [0.717, 1.165) is 25.5 Å². The van der Waals surface area contributed by atoms with Crippen LogP contribution in [0.1, 0.15) is 62.6 Å². The van der Waals surface area contributed by atoms with Crippen LogP contribution in [0, 0.1) is 5.92 Å². The smallest absolute Gasteiger partial charge is 0.127 e. The van der Waals surface area contributed by atoms with E-state index in [4.69, 9.17) is 4.74 Å². The topological polar surface area (TPSA) is 21.3 Å². The summed E-state index contributed by atoms with van der Waals surface area (Å²) < 4.78 is 6.03. The van der Waals surface area contributed by atoms with Gasteiger partial charge < -0.3 is 10.1 Å². The van der Waals surface area contributed by atoms with E-state index in [0.29, 0.717) is 6.04 Å². The summed E-state index contributed by atoms with van der Waals surface area (Å²) in [6, 6.07) is 7.22. The first-order chi connectivity index (χ1) is 9.90. The van der Waals surface area contributed by atoms with E-state index in [-0.39, 0.29) is 0 Å². The molecule has 1 saturated carbocycles. The van der Waals surface area contributed by atoms with Crippen molar-refractivity contribution in [2.45, 2.75) is 57.9 Å². The maximum absolute atomic E-state index is 6.03. The van der Waals surface area contributed by atoms with E-state index in [1.165, 1.54) is 55.4 Å². The Bertz CT molecular complexity index is 437. The van der Waals surface area contributed by atoms with Crippen LogP contribution in [-0.4, -0.2) is 13.2 Å². The van der Waals surface area contributed by atoms with Crippen LogP contribution in [0.25, 0.3) is 0 Å². The fraction of sp³-hybridized carbons (Fsp3) is 0.667. The van der Waals surface area contributed by atoms with Crippen molar-refractivity contribution in [2.24, 2.45) is 5.92 Å². The molecular weight excluding hydrogens is 246 g/mol. The highest BCUT2D eigenvalue weighted by molar-refractivity contribution is 5.44. The molecule has 20 heavy (non-hydrogen) atoms. The van der Waals surface area contributed by atoms with Gasteiger partial charge in [0, 0.05) is 11.6 Å². The second-order valence-corrected chi connectivity index (χ2v) is 6.22. The van der Waals surface area contributed by atoms with Crippen LogP contribution < -0.4 is 10.1 Å². The molecule has 1 aromatic rings. The first-order valence-corrected chi connectivity index (χ1v) is 8.38. The summed E-state index contributed by atoms with van der Waals surface area (Å²) in [5.74, 6) is 1.97. The van der Waals surface area contributed by atoms with E-state index >= 15 is 0 Å². The first kappa shape index (κ1) is 13.9. The van der Waals surface area contributed by atoms with Crippen molar-refractivity contribution < 1.29 is 4.74 Å². The Labute approximate surface area is 122 Å². The number of nitrogens with one attached hydrogen (secondary N) is 1. The van der Waals surface area contributed by atoms with Crippen LogP contribution in [0.4, 0.5) is 0 Å². The summed E-state index contributed by atoms with van der Waals surface area (Å²) in [7, 11) is 0. The Morgan fingerprint density at radius 2 is 2.05 bits per heavy atom. The molecular formula is C18H27NO. The number of rotatable bonds is 4. The Balaban J connectivity index is 1.90. The molecule has 0 amide bonds. The van der Waals surface area contributed by atoms with Gasteiger partial charge in [-0.1, -0.05) is 44.4 Å². The van der Waals surface area contributed by atoms with Crippen LogP contribution in [0.2, 0.25) is 0 Å². The van der Waals surface area contributed by atoms with Crippen molar-refractivity contribution in [1.82, 2.24) is 5.32 Å². The fourth-order valence-corrected chi connectivity index (χ4v) is 3.88. The standard InChI is InChI=1S/C18H27NO/c1-2-19-17(14-8-4-3-5-9-14)16-12-6-10-15-11-7-13-20-18(15)16/h6,10,12,14,17,19H,2-5,7-9,11,13H2,1H3. The molecule has 0 saturated heterocycles. The van der Waals surface area contributed by atoms with Gasteiger partial charge in [-0.3, -0.25) is 0 Å². The largest absolute Gasteiger partial charge is 0.493 e. The zero-order valence-corrected chi connectivity index (χ0v) is 12.7. The molecule has 1 heterocycles. The zero-order valence-electron chi connectivity index (χ0n) is 12.7. The van der Waals surface area contributed by atoms with E-state index in [2.05, 4.69) is 30.4 Å². The average Bonchev–Trinajstić information content (AvgIpc) is 2.53. The molecule has 1 aliphatic carbocycles. The molecule has 1 aromatic carbocycles. The zero-order chi connectivity index (χ0) is 13.8. The minimum absolute atomic E-state index is 0.480. The van der Waals surface area contributed by atoms with Gasteiger partial charge in [-0.15, -0.1) is 0 Å². The lowest BCUT2D eigenvalue weighted by molar-refractivity contribution is 0.251. The van der Waals surface area contributed by atoms with Crippen molar-refractivity contribution in [2.75, 3.05) is 13.2 Å². The summed E-state index contributed by atoms with van der Waals surface area (Å²) in [6.07, 6.45) is 9.25. The highest BCUT2D eigenvalue weighted by Gasteiger charge is 2.28. The summed E-state index contributed by atoms with van der Waals surface area (Å²) in [4.78, 5) is 0. The molecule has 0 spiro atoms. The molecule has 1 aliphatic heterocycles. The van der Waals surface area contributed by atoms with E-state index in [1.54, 1.807) is 0 Å². The summed E-state index contributed by atoms with van der Waals surface area (Å²) in [6.45, 7) is 4.13. The van der Waals surface area contributed by atoms with Crippen LogP contribution in [0.3, 0.4) is 0 Å². The third kappa shape index (κ3) is 2.85. The van der Waals surface area contributed by atoms with Gasteiger partial charge in [-0.05, 0) is 43.7 Å². The molecule has 0 radical (unpaired) electrons. The van der Waals surface area contributed by atoms with Crippen molar-refractivity contribution >= 4 is 0 Å². The number of ether oxygens (including phenoxy) is 1. The van der Waals surface area contributed by atoms with Crippen LogP contribution in [0.5, 0.6) is 5.75 Å². The van der Waals surface area contributed by atoms with Gasteiger partial charge in [0.15, 0.2) is 0 Å². The molecule has 1 atom stereocenters. The lowest BCUT2D eigenvalue weighted by atomic mass is 9.80. The molecule has 0 bridgehead atoms. The monoisotopic (exact) mass is 273 g/mol. The van der Waals surface area contributed by atoms with E-state index < -0.39 is 0 Å². The van der Waals surface area contributed by atoms with Gasteiger partial charge in [-0.2, -0.15) is 0 Å². The molecule has 3 rings (SSSR count). The lowest BCUT2D eigenvalue weighted by Crippen LogP contribution is -2.30. The SMILES string of the molecule is CCNC(c1cccc2c1OCCC2)C1CCCCC1. The molecule has 2 heteroatoms. The first-order valence-electron chi connectivity index (χ1n) is 8.38. The fourth-order valence-electron chi connectivity index (χ4n) is 3.88. The van der Waals surface area contributed by atoms with Crippen LogP contribution >= 0.6 is 0 Å². The third-order valence-corrected chi connectivity index (χ3v) is 4.84. The molecule has 1 N–H and O–H groups in total. The number of hydrogen-bond acceptors (Lipinski definition) is 2. The molecule has 110 valence electrons. The maximum Gasteiger partial charge on any atom is 0.127 e. The molecule has 1 fully saturated rings. The molecule has 2 aliphatic rings. The number of fused-ring (bicyclic) bond motifs is 1. The van der Waals surface area contributed by atoms with Gasteiger partial charge in [0.1, 0.15) is 5.75 Å². The van der Waals surface area contributed by atoms with Crippen molar-refractivity contribution in [3.05, 3.63) is 29.3 Å². The normalized spacial score (nSPS) is 21.1. The third-order valence-electron chi connectivity index (χ3n) is 4.84. The van der Waals surface area contributed by atoms with Crippen LogP contribution in [0.15, 0.2) is 18.2 Å². The highest BCUT2D eigenvalue weighted by atomic mass is 16.5. The summed E-state index contributed by atoms with van der Waals surface area (Å²) in [5.41, 5.74) is 2.82. The summed E-state index contributed by atoms with van der Waals surface area (Å²) in [5, 5.41) is 3.74. The van der Waals surface area contributed by atoms with Crippen LogP contribution in [-0.2, 0) is 6.42 Å². The van der Waals surface area contributed by atoms with Crippen molar-refractivity contribution in [1.29, 1.82) is 0 Å². The van der Waals surface area contributed by atoms with Gasteiger partial charge in [0.2, 0.25) is 0 Å². The minimum Gasteiger partial charge on any atom is -0.493 e. The summed E-state index contributed by atoms with van der Waals surface area (Å²) >= 11 is 0. The number of para-hydroxylation sites is 1. The molecule has 2 nitrogen and oxygen atoms in total. The second-order valence-electron chi connectivity index (χ2n) is 6.22. The quantitative estimate of drug-likeness (QED) is 0.886. The Morgan fingerprint density at radius 3 is 2.85 bits per heavy atom. The number of aryl methyl sites for hydroxylation is 1. The predicted molar refractivity (Wildman–Crippen MR) is 83.3 cm³/mol. The van der Waals surface area contributed by atoms with Gasteiger partial charge in [-0.25, -0.2) is 0 Å². The van der Waals surface area contributed by atoms with E-state index in [9.17, 15) is 0 Å². The minimum atomic E-state index is 0.480. The lowest BCUT2D eigenvalue weighted by Gasteiger charge is -2.33. The second kappa shape index (κ2) is 6.62. The van der Waals surface area contributed by atoms with Gasteiger partial charge in [0.25, 0.3) is 0 Å². The Kier molecular flexibility index (Phi) is 4.62. The molecule has 1 unspecified atom stereocenters. The van der Waals surface area contributed by atoms with Gasteiger partial charge >= 0.3 is 0 Å². The van der Waals surface area contributed by atoms with Gasteiger partial charge in [0.05, 0.1) is 6.61 Å². The predicted octanol–water partition coefficient (Wildman–Crippen LogP) is 4.24. The van der Waals surface area contributed by atoms with E-state index in [1.807, 2.05) is 0 Å². The number of benzene rings is 1. The highest BCUT2D eigenvalue weighted by Crippen LogP contribution is 2.40. The maximum atomic E-state index is 6.03. The Morgan fingerprint density at radius 1 is 1.20 bits per heavy atom. The van der Waals surface area contributed by atoms with Crippen molar-refractivity contribution in [3.8, 4) is 5.75 Å². The Hall–Kier alpha value is -1.02. The number of hydrogen-bond donors (Lipinski definition) is 1. The van der Waals surface area contributed by atoms with Crippen molar-refractivity contribution in [3.63, 3.8) is 0 Å². The molecule has 0 aromatic heterocycles. The average molecular weight is 273 g/mol.